The van der Waals surface area contributed by atoms with Gasteiger partial charge in [-0.25, -0.2) is 8.42 Å². The highest BCUT2D eigenvalue weighted by Crippen LogP contribution is 2.22. The molecule has 0 fully saturated rings. The van der Waals surface area contributed by atoms with E-state index in [1.54, 1.807) is 6.92 Å². The first-order chi connectivity index (χ1) is 6.70. The van der Waals surface area contributed by atoms with E-state index in [-0.39, 0.29) is 13.1 Å². The molecule has 92 valence electrons. The molecule has 0 heterocycles. The summed E-state index contributed by atoms with van der Waals surface area (Å²) < 4.78 is 48.2. The van der Waals surface area contributed by atoms with Gasteiger partial charge in [-0.1, -0.05) is 6.92 Å². The molecule has 0 rings (SSSR count). The second-order valence-electron chi connectivity index (χ2n) is 3.89. The summed E-state index contributed by atoms with van der Waals surface area (Å²) in [5.74, 6) is -3.39. The smallest absolute Gasteiger partial charge is 0.329 e. The van der Waals surface area contributed by atoms with E-state index in [0.717, 1.165) is 4.31 Å². The molecule has 0 saturated carbocycles. The van der Waals surface area contributed by atoms with Crippen molar-refractivity contribution < 1.29 is 17.2 Å². The summed E-state index contributed by atoms with van der Waals surface area (Å²) in [6, 6.07) is 0. The molecule has 7 heteroatoms. The summed E-state index contributed by atoms with van der Waals surface area (Å²) in [6.45, 7) is 4.83. The third kappa shape index (κ3) is 3.35. The van der Waals surface area contributed by atoms with Crippen molar-refractivity contribution in [3.63, 3.8) is 0 Å². The van der Waals surface area contributed by atoms with Crippen LogP contribution in [0.1, 0.15) is 27.2 Å². The molecule has 4 nitrogen and oxygen atoms in total. The van der Waals surface area contributed by atoms with E-state index in [1.807, 2.05) is 0 Å². The maximum Gasteiger partial charge on any atom is 0.350 e. The van der Waals surface area contributed by atoms with Gasteiger partial charge in [0, 0.05) is 18.6 Å². The first-order valence-corrected chi connectivity index (χ1v) is 6.20. The predicted octanol–water partition coefficient (Wildman–Crippen LogP) is 0.988. The lowest BCUT2D eigenvalue weighted by molar-refractivity contribution is 0.183. The largest absolute Gasteiger partial charge is 0.350 e. The van der Waals surface area contributed by atoms with Gasteiger partial charge in [0.15, 0.2) is 0 Å². The van der Waals surface area contributed by atoms with E-state index in [2.05, 4.69) is 0 Å². The SMILES string of the molecule is CCCN(C(C)(C)CN)S(=O)(=O)C(F)F. The van der Waals surface area contributed by atoms with Gasteiger partial charge < -0.3 is 5.73 Å². The van der Waals surface area contributed by atoms with Crippen LogP contribution in [0, 0.1) is 0 Å². The molecule has 2 N–H and O–H groups in total. The number of sulfonamides is 1. The Morgan fingerprint density at radius 2 is 1.87 bits per heavy atom. The number of hydrogen-bond acceptors (Lipinski definition) is 3. The van der Waals surface area contributed by atoms with Crippen LogP contribution in [0.4, 0.5) is 8.78 Å². The molecule has 0 aromatic rings. The summed E-state index contributed by atoms with van der Waals surface area (Å²) in [4.78, 5) is 0. The molecule has 0 amide bonds. The fourth-order valence-corrected chi connectivity index (χ4v) is 2.57. The van der Waals surface area contributed by atoms with Crippen LogP contribution in [0.15, 0.2) is 0 Å². The van der Waals surface area contributed by atoms with Gasteiger partial charge >= 0.3 is 5.76 Å². The Kier molecular flexibility index (Phi) is 5.08. The molecule has 0 atom stereocenters. The molecule has 0 unspecified atom stereocenters. The number of nitrogens with zero attached hydrogens (tertiary/aromatic N) is 1. The molecule has 15 heavy (non-hydrogen) atoms. The number of alkyl halides is 2. The molecule has 0 aliphatic rings. The van der Waals surface area contributed by atoms with E-state index in [0.29, 0.717) is 6.42 Å². The lowest BCUT2D eigenvalue weighted by Gasteiger charge is -2.35. The van der Waals surface area contributed by atoms with Gasteiger partial charge in [0.2, 0.25) is 0 Å². The van der Waals surface area contributed by atoms with Crippen LogP contribution in [0.25, 0.3) is 0 Å². The monoisotopic (exact) mass is 244 g/mol. The minimum absolute atomic E-state index is 0.00104. The Bertz CT molecular complexity index is 291. The summed E-state index contributed by atoms with van der Waals surface area (Å²) in [7, 11) is -4.55. The summed E-state index contributed by atoms with van der Waals surface area (Å²) in [5, 5.41) is 0. The number of rotatable bonds is 6. The first-order valence-electron chi connectivity index (χ1n) is 4.70. The van der Waals surface area contributed by atoms with Crippen LogP contribution in [-0.2, 0) is 10.0 Å². The van der Waals surface area contributed by atoms with E-state index >= 15 is 0 Å². The van der Waals surface area contributed by atoms with Gasteiger partial charge in [-0.2, -0.15) is 13.1 Å². The van der Waals surface area contributed by atoms with Crippen LogP contribution in [-0.4, -0.2) is 37.1 Å². The Morgan fingerprint density at radius 1 is 1.40 bits per heavy atom. The summed E-state index contributed by atoms with van der Waals surface area (Å²) in [6.07, 6.45) is 0.468. The standard InChI is InChI=1S/C8H18F2N2O2S/c1-4-5-12(8(2,3)6-11)15(13,14)7(9)10/h7H,4-6,11H2,1-3H3. The molecule has 0 spiro atoms. The minimum atomic E-state index is -4.55. The first kappa shape index (κ1) is 14.7. The zero-order valence-electron chi connectivity index (χ0n) is 9.20. The molecule has 0 aromatic carbocycles. The Labute approximate surface area is 89.5 Å². The van der Waals surface area contributed by atoms with Crippen LogP contribution in [0.2, 0.25) is 0 Å². The van der Waals surface area contributed by atoms with E-state index in [1.165, 1.54) is 13.8 Å². The normalized spacial score (nSPS) is 13.9. The zero-order valence-corrected chi connectivity index (χ0v) is 10.0. The van der Waals surface area contributed by atoms with Crippen LogP contribution < -0.4 is 5.73 Å². The van der Waals surface area contributed by atoms with Crippen molar-refractivity contribution in [1.29, 1.82) is 0 Å². The second-order valence-corrected chi connectivity index (χ2v) is 5.72. The molecular weight excluding hydrogens is 226 g/mol. The lowest BCUT2D eigenvalue weighted by atomic mass is 10.1. The molecule has 0 radical (unpaired) electrons. The molecule has 0 aliphatic carbocycles. The zero-order chi connectivity index (χ0) is 12.3. The minimum Gasteiger partial charge on any atom is -0.329 e. The van der Waals surface area contributed by atoms with E-state index in [9.17, 15) is 17.2 Å². The van der Waals surface area contributed by atoms with Gasteiger partial charge in [0.05, 0.1) is 0 Å². The maximum atomic E-state index is 12.4. The third-order valence-corrected chi connectivity index (χ3v) is 3.88. The van der Waals surface area contributed by atoms with Crippen molar-refractivity contribution in [2.45, 2.75) is 38.5 Å². The van der Waals surface area contributed by atoms with Crippen molar-refractivity contribution >= 4 is 10.0 Å². The van der Waals surface area contributed by atoms with Crippen molar-refractivity contribution in [2.75, 3.05) is 13.1 Å². The van der Waals surface area contributed by atoms with Crippen molar-refractivity contribution in [3.8, 4) is 0 Å². The summed E-state index contributed by atoms with van der Waals surface area (Å²) >= 11 is 0. The van der Waals surface area contributed by atoms with Crippen molar-refractivity contribution in [3.05, 3.63) is 0 Å². The van der Waals surface area contributed by atoms with Gasteiger partial charge in [-0.05, 0) is 20.3 Å². The number of halogens is 2. The number of nitrogens with two attached hydrogens (primary N) is 1. The fraction of sp³-hybridized carbons (Fsp3) is 1.00. The van der Waals surface area contributed by atoms with Crippen molar-refractivity contribution in [1.82, 2.24) is 4.31 Å². The van der Waals surface area contributed by atoms with E-state index < -0.39 is 21.3 Å². The fourth-order valence-electron chi connectivity index (χ4n) is 1.18. The molecule has 0 aromatic heterocycles. The average Bonchev–Trinajstić information content (AvgIpc) is 2.13. The quantitative estimate of drug-likeness (QED) is 0.757. The highest BCUT2D eigenvalue weighted by molar-refractivity contribution is 7.89. The average molecular weight is 244 g/mol. The van der Waals surface area contributed by atoms with Crippen LogP contribution in [0.3, 0.4) is 0 Å². The Morgan fingerprint density at radius 3 is 2.13 bits per heavy atom. The van der Waals surface area contributed by atoms with Gasteiger partial charge in [-0.15, -0.1) is 0 Å². The van der Waals surface area contributed by atoms with Gasteiger partial charge in [0.25, 0.3) is 10.0 Å². The van der Waals surface area contributed by atoms with Crippen molar-refractivity contribution in [2.24, 2.45) is 5.73 Å². The Hall–Kier alpha value is -0.270. The van der Waals surface area contributed by atoms with Crippen LogP contribution >= 0.6 is 0 Å². The predicted molar refractivity (Wildman–Crippen MR) is 55.1 cm³/mol. The number of hydrogen-bond donors (Lipinski definition) is 1. The van der Waals surface area contributed by atoms with E-state index in [4.69, 9.17) is 5.73 Å². The molecular formula is C8H18F2N2O2S. The third-order valence-electron chi connectivity index (χ3n) is 2.13. The molecule has 0 saturated heterocycles. The highest BCUT2D eigenvalue weighted by atomic mass is 32.2. The maximum absolute atomic E-state index is 12.4. The molecule has 0 bridgehead atoms. The topological polar surface area (TPSA) is 63.4 Å². The second kappa shape index (κ2) is 5.18. The Balaban J connectivity index is 5.15. The molecule has 0 aliphatic heterocycles. The highest BCUT2D eigenvalue weighted by Gasteiger charge is 2.40. The summed E-state index contributed by atoms with van der Waals surface area (Å²) in [5.41, 5.74) is 4.40. The van der Waals surface area contributed by atoms with Gasteiger partial charge in [-0.3, -0.25) is 0 Å². The van der Waals surface area contributed by atoms with Gasteiger partial charge in [0.1, 0.15) is 0 Å². The van der Waals surface area contributed by atoms with Crippen LogP contribution in [0.5, 0.6) is 0 Å². The lowest BCUT2D eigenvalue weighted by Crippen LogP contribution is -2.53.